The van der Waals surface area contributed by atoms with E-state index in [1.54, 1.807) is 6.92 Å². The number of carboxylic acid groups (broad SMARTS) is 1. The van der Waals surface area contributed by atoms with E-state index in [4.69, 9.17) is 4.74 Å². The quantitative estimate of drug-likeness (QED) is 0.792. The summed E-state index contributed by atoms with van der Waals surface area (Å²) in [5.74, 6) is 5.51. The van der Waals surface area contributed by atoms with Crippen LogP contribution in [0.3, 0.4) is 0 Å². The number of carbonyl (C=O) groups is 1. The van der Waals surface area contributed by atoms with Crippen molar-refractivity contribution in [3.63, 3.8) is 0 Å². The van der Waals surface area contributed by atoms with E-state index in [2.05, 4.69) is 11.8 Å². The Morgan fingerprint density at radius 1 is 1.53 bits per heavy atom. The first kappa shape index (κ1) is 11.5. The van der Waals surface area contributed by atoms with Crippen molar-refractivity contribution in [2.75, 3.05) is 6.61 Å². The van der Waals surface area contributed by atoms with Gasteiger partial charge in [0.2, 0.25) is 0 Å². The Labute approximate surface area is 100 Å². The molecule has 17 heavy (non-hydrogen) atoms. The summed E-state index contributed by atoms with van der Waals surface area (Å²) >= 11 is 0. The smallest absolute Gasteiger partial charge is 0.315 e. The van der Waals surface area contributed by atoms with Crippen LogP contribution < -0.4 is 4.74 Å². The molecule has 0 aliphatic carbocycles. The van der Waals surface area contributed by atoms with Crippen LogP contribution in [-0.2, 0) is 10.2 Å². The van der Waals surface area contributed by atoms with Gasteiger partial charge in [-0.3, -0.25) is 4.79 Å². The van der Waals surface area contributed by atoms with E-state index in [-0.39, 0.29) is 0 Å². The predicted octanol–water partition coefficient (Wildman–Crippen LogP) is 2.20. The molecule has 0 aromatic heterocycles. The molecule has 0 amide bonds. The van der Waals surface area contributed by atoms with Crippen molar-refractivity contribution in [3.05, 3.63) is 29.8 Å². The zero-order valence-corrected chi connectivity index (χ0v) is 9.69. The minimum Gasteiger partial charge on any atom is -0.493 e. The van der Waals surface area contributed by atoms with Crippen molar-refractivity contribution >= 4 is 5.97 Å². The van der Waals surface area contributed by atoms with Crippen molar-refractivity contribution in [2.24, 2.45) is 0 Å². The molecular formula is C14H14O3. The van der Waals surface area contributed by atoms with E-state index < -0.39 is 11.4 Å². The zero-order valence-electron chi connectivity index (χ0n) is 9.69. The van der Waals surface area contributed by atoms with Gasteiger partial charge in [-0.15, -0.1) is 11.8 Å². The largest absolute Gasteiger partial charge is 0.493 e. The van der Waals surface area contributed by atoms with Crippen LogP contribution in [0.1, 0.15) is 25.3 Å². The molecule has 1 aliphatic rings. The lowest BCUT2D eigenvalue weighted by Gasteiger charge is -2.33. The van der Waals surface area contributed by atoms with Crippen LogP contribution in [0.2, 0.25) is 0 Å². The van der Waals surface area contributed by atoms with E-state index >= 15 is 0 Å². The van der Waals surface area contributed by atoms with E-state index in [0.717, 1.165) is 5.56 Å². The first-order chi connectivity index (χ1) is 8.20. The first-order valence-corrected chi connectivity index (χ1v) is 5.56. The number of fused-ring (bicyclic) bond motifs is 1. The lowest BCUT2D eigenvalue weighted by molar-refractivity contribution is -0.144. The van der Waals surface area contributed by atoms with E-state index in [1.807, 2.05) is 24.3 Å². The monoisotopic (exact) mass is 230 g/mol. The van der Waals surface area contributed by atoms with Crippen LogP contribution in [0.4, 0.5) is 0 Å². The lowest BCUT2D eigenvalue weighted by atomic mass is 9.73. The highest BCUT2D eigenvalue weighted by Crippen LogP contribution is 2.41. The molecule has 0 bridgehead atoms. The SMILES string of the molecule is CC#CCC1(C(=O)O)CCOc2ccccc21. The molecule has 1 atom stereocenters. The number of benzene rings is 1. The summed E-state index contributed by atoms with van der Waals surface area (Å²) in [6.07, 6.45) is 0.799. The number of para-hydroxylation sites is 1. The summed E-state index contributed by atoms with van der Waals surface area (Å²) < 4.78 is 5.50. The summed E-state index contributed by atoms with van der Waals surface area (Å²) in [4.78, 5) is 11.6. The van der Waals surface area contributed by atoms with Gasteiger partial charge in [0, 0.05) is 18.4 Å². The fourth-order valence-corrected chi connectivity index (χ4v) is 2.18. The summed E-state index contributed by atoms with van der Waals surface area (Å²) in [6.45, 7) is 2.15. The van der Waals surface area contributed by atoms with Gasteiger partial charge in [-0.1, -0.05) is 18.2 Å². The van der Waals surface area contributed by atoms with Crippen LogP contribution in [0.5, 0.6) is 5.75 Å². The number of carboxylic acids is 1. The van der Waals surface area contributed by atoms with Crippen LogP contribution in [0.25, 0.3) is 0 Å². The number of hydrogen-bond donors (Lipinski definition) is 1. The highest BCUT2D eigenvalue weighted by Gasteiger charge is 2.44. The second kappa shape index (κ2) is 4.50. The summed E-state index contributed by atoms with van der Waals surface area (Å²) in [6, 6.07) is 7.32. The van der Waals surface area contributed by atoms with Crippen LogP contribution in [0.15, 0.2) is 24.3 Å². The van der Waals surface area contributed by atoms with Crippen molar-refractivity contribution in [1.29, 1.82) is 0 Å². The Hall–Kier alpha value is -1.95. The van der Waals surface area contributed by atoms with Gasteiger partial charge < -0.3 is 9.84 Å². The fourth-order valence-electron chi connectivity index (χ4n) is 2.18. The van der Waals surface area contributed by atoms with Gasteiger partial charge in [-0.25, -0.2) is 0 Å². The topological polar surface area (TPSA) is 46.5 Å². The lowest BCUT2D eigenvalue weighted by Crippen LogP contribution is -2.40. The van der Waals surface area contributed by atoms with Gasteiger partial charge in [0.15, 0.2) is 0 Å². The Balaban J connectivity index is 2.53. The standard InChI is InChI=1S/C14H14O3/c1-2-3-8-14(13(15)16)9-10-17-12-7-5-4-6-11(12)14/h4-7H,8-10H2,1H3,(H,15,16). The number of hydrogen-bond acceptors (Lipinski definition) is 2. The molecule has 3 heteroatoms. The second-order valence-corrected chi connectivity index (χ2v) is 4.09. The molecule has 1 aromatic rings. The Morgan fingerprint density at radius 2 is 2.29 bits per heavy atom. The third-order valence-corrected chi connectivity index (χ3v) is 3.17. The molecule has 2 rings (SSSR count). The van der Waals surface area contributed by atoms with Crippen molar-refractivity contribution in [2.45, 2.75) is 25.2 Å². The minimum absolute atomic E-state index is 0.333. The maximum atomic E-state index is 11.6. The third kappa shape index (κ3) is 1.87. The van der Waals surface area contributed by atoms with Gasteiger partial charge in [-0.05, 0) is 13.0 Å². The molecule has 0 spiro atoms. The van der Waals surface area contributed by atoms with Gasteiger partial charge in [0.05, 0.1) is 6.61 Å². The summed E-state index contributed by atoms with van der Waals surface area (Å²) in [5.41, 5.74) is -0.181. The van der Waals surface area contributed by atoms with E-state index in [1.165, 1.54) is 0 Å². The molecular weight excluding hydrogens is 216 g/mol. The van der Waals surface area contributed by atoms with Gasteiger partial charge in [0.25, 0.3) is 0 Å². The predicted molar refractivity (Wildman–Crippen MR) is 63.9 cm³/mol. The second-order valence-electron chi connectivity index (χ2n) is 4.09. The molecule has 1 unspecified atom stereocenters. The molecule has 1 aliphatic heterocycles. The third-order valence-electron chi connectivity index (χ3n) is 3.17. The average Bonchev–Trinajstić information content (AvgIpc) is 2.36. The molecule has 0 saturated carbocycles. The summed E-state index contributed by atoms with van der Waals surface area (Å²) in [5, 5.41) is 9.54. The Bertz CT molecular complexity index is 496. The number of ether oxygens (including phenoxy) is 1. The Morgan fingerprint density at radius 3 is 3.00 bits per heavy atom. The molecule has 0 fully saturated rings. The maximum absolute atomic E-state index is 11.6. The van der Waals surface area contributed by atoms with Crippen LogP contribution >= 0.6 is 0 Å². The molecule has 1 heterocycles. The van der Waals surface area contributed by atoms with Gasteiger partial charge in [0.1, 0.15) is 11.2 Å². The van der Waals surface area contributed by atoms with E-state index in [9.17, 15) is 9.90 Å². The van der Waals surface area contributed by atoms with Crippen molar-refractivity contribution in [3.8, 4) is 17.6 Å². The van der Waals surface area contributed by atoms with Gasteiger partial charge in [-0.2, -0.15) is 0 Å². The highest BCUT2D eigenvalue weighted by molar-refractivity contribution is 5.83. The van der Waals surface area contributed by atoms with Crippen molar-refractivity contribution < 1.29 is 14.6 Å². The fraction of sp³-hybridized carbons (Fsp3) is 0.357. The molecule has 88 valence electrons. The zero-order chi connectivity index (χ0) is 12.3. The Kier molecular flexibility index (Phi) is 3.06. The first-order valence-electron chi connectivity index (χ1n) is 5.56. The van der Waals surface area contributed by atoms with E-state index in [0.29, 0.717) is 25.2 Å². The molecule has 1 aromatic carbocycles. The normalized spacial score (nSPS) is 21.7. The van der Waals surface area contributed by atoms with Gasteiger partial charge >= 0.3 is 5.97 Å². The average molecular weight is 230 g/mol. The number of aliphatic carboxylic acids is 1. The van der Waals surface area contributed by atoms with Crippen LogP contribution in [0, 0.1) is 11.8 Å². The molecule has 3 nitrogen and oxygen atoms in total. The minimum atomic E-state index is -0.919. The molecule has 0 saturated heterocycles. The van der Waals surface area contributed by atoms with Crippen molar-refractivity contribution in [1.82, 2.24) is 0 Å². The number of rotatable bonds is 2. The summed E-state index contributed by atoms with van der Waals surface area (Å²) in [7, 11) is 0. The molecule has 0 radical (unpaired) electrons. The maximum Gasteiger partial charge on any atom is 0.315 e. The molecule has 1 N–H and O–H groups in total. The van der Waals surface area contributed by atoms with Crippen LogP contribution in [-0.4, -0.2) is 17.7 Å². The highest BCUT2D eigenvalue weighted by atomic mass is 16.5.